The number of piperazine rings is 1. The van der Waals surface area contributed by atoms with Crippen molar-refractivity contribution in [2.45, 2.75) is 26.3 Å². The SMILES string of the molecule is COc1ccccc1CC(=O)N1CCN(CC(=O)NC(C)C)CC1. The second-order valence-electron chi connectivity index (χ2n) is 6.37. The molecule has 1 aliphatic rings. The molecular weight excluding hydrogens is 306 g/mol. The first-order valence-electron chi connectivity index (χ1n) is 8.41. The first kappa shape index (κ1) is 18.3. The second kappa shape index (κ2) is 8.68. The van der Waals surface area contributed by atoms with Gasteiger partial charge in [0, 0.05) is 37.8 Å². The van der Waals surface area contributed by atoms with Gasteiger partial charge in [-0.25, -0.2) is 0 Å². The number of benzene rings is 1. The molecule has 1 saturated heterocycles. The third-order valence-corrected chi connectivity index (χ3v) is 4.08. The Morgan fingerprint density at radius 2 is 1.83 bits per heavy atom. The van der Waals surface area contributed by atoms with Crippen LogP contribution in [0.3, 0.4) is 0 Å². The molecule has 2 amide bonds. The summed E-state index contributed by atoms with van der Waals surface area (Å²) < 4.78 is 5.30. The summed E-state index contributed by atoms with van der Waals surface area (Å²) in [7, 11) is 1.62. The van der Waals surface area contributed by atoms with E-state index in [0.29, 0.717) is 26.1 Å². The van der Waals surface area contributed by atoms with Crippen LogP contribution in [0.1, 0.15) is 19.4 Å². The fourth-order valence-corrected chi connectivity index (χ4v) is 2.85. The van der Waals surface area contributed by atoms with Crippen LogP contribution < -0.4 is 10.1 Å². The van der Waals surface area contributed by atoms with E-state index in [2.05, 4.69) is 10.2 Å². The summed E-state index contributed by atoms with van der Waals surface area (Å²) >= 11 is 0. The predicted octanol–water partition coefficient (Wildman–Crippen LogP) is 0.907. The molecule has 0 saturated carbocycles. The van der Waals surface area contributed by atoms with Gasteiger partial charge in [0.15, 0.2) is 0 Å². The number of carbonyl (C=O) groups is 2. The molecule has 0 atom stereocenters. The maximum atomic E-state index is 12.5. The summed E-state index contributed by atoms with van der Waals surface area (Å²) in [6, 6.07) is 7.75. The topological polar surface area (TPSA) is 61.9 Å². The number of methoxy groups -OCH3 is 1. The van der Waals surface area contributed by atoms with E-state index < -0.39 is 0 Å². The minimum absolute atomic E-state index is 0.0406. The van der Waals surface area contributed by atoms with Crippen molar-refractivity contribution < 1.29 is 14.3 Å². The molecule has 1 N–H and O–H groups in total. The molecule has 0 unspecified atom stereocenters. The zero-order valence-corrected chi connectivity index (χ0v) is 14.7. The quantitative estimate of drug-likeness (QED) is 0.840. The van der Waals surface area contributed by atoms with Crippen molar-refractivity contribution in [3.05, 3.63) is 29.8 Å². The molecule has 24 heavy (non-hydrogen) atoms. The lowest BCUT2D eigenvalue weighted by molar-refractivity contribution is -0.132. The van der Waals surface area contributed by atoms with Gasteiger partial charge in [-0.15, -0.1) is 0 Å². The van der Waals surface area contributed by atoms with Crippen LogP contribution in [0.5, 0.6) is 5.75 Å². The Morgan fingerprint density at radius 1 is 1.17 bits per heavy atom. The smallest absolute Gasteiger partial charge is 0.234 e. The highest BCUT2D eigenvalue weighted by molar-refractivity contribution is 5.80. The lowest BCUT2D eigenvalue weighted by Gasteiger charge is -2.34. The highest BCUT2D eigenvalue weighted by Gasteiger charge is 2.23. The summed E-state index contributed by atoms with van der Waals surface area (Å²) in [5.74, 6) is 0.888. The van der Waals surface area contributed by atoms with Crippen molar-refractivity contribution in [1.82, 2.24) is 15.1 Å². The maximum Gasteiger partial charge on any atom is 0.234 e. The number of rotatable bonds is 6. The van der Waals surface area contributed by atoms with Gasteiger partial charge in [-0.1, -0.05) is 18.2 Å². The second-order valence-corrected chi connectivity index (χ2v) is 6.37. The van der Waals surface area contributed by atoms with Gasteiger partial charge in [-0.3, -0.25) is 14.5 Å². The maximum absolute atomic E-state index is 12.5. The Bertz CT molecular complexity index is 566. The van der Waals surface area contributed by atoms with Gasteiger partial charge in [0.2, 0.25) is 11.8 Å². The monoisotopic (exact) mass is 333 g/mol. The number of nitrogens with one attached hydrogen (secondary N) is 1. The number of carbonyl (C=O) groups excluding carboxylic acids is 2. The minimum atomic E-state index is 0.0406. The van der Waals surface area contributed by atoms with Gasteiger partial charge in [0.25, 0.3) is 0 Å². The zero-order chi connectivity index (χ0) is 17.5. The summed E-state index contributed by atoms with van der Waals surface area (Å²) in [6.45, 7) is 7.06. The molecule has 0 spiro atoms. The first-order valence-corrected chi connectivity index (χ1v) is 8.41. The van der Waals surface area contributed by atoms with Crippen LogP contribution in [0.4, 0.5) is 0 Å². The first-order chi connectivity index (χ1) is 11.5. The van der Waals surface area contributed by atoms with Gasteiger partial charge in [-0.2, -0.15) is 0 Å². The number of hydrogen-bond acceptors (Lipinski definition) is 4. The standard InChI is InChI=1S/C18H27N3O3/c1-14(2)19-17(22)13-20-8-10-21(11-9-20)18(23)12-15-6-4-5-7-16(15)24-3/h4-7,14H,8-13H2,1-3H3,(H,19,22). The van der Waals surface area contributed by atoms with E-state index >= 15 is 0 Å². The van der Waals surface area contributed by atoms with Crippen LogP contribution in [0.25, 0.3) is 0 Å². The van der Waals surface area contributed by atoms with E-state index in [1.54, 1.807) is 7.11 Å². The predicted molar refractivity (Wildman–Crippen MR) is 93.0 cm³/mol. The fourth-order valence-electron chi connectivity index (χ4n) is 2.85. The summed E-state index contributed by atoms with van der Waals surface area (Å²) in [6.07, 6.45) is 0.345. The average molecular weight is 333 g/mol. The number of para-hydroxylation sites is 1. The Labute approximate surface area is 143 Å². The Morgan fingerprint density at radius 3 is 2.46 bits per heavy atom. The number of ether oxygens (including phenoxy) is 1. The van der Waals surface area contributed by atoms with Gasteiger partial charge in [0.1, 0.15) is 5.75 Å². The van der Waals surface area contributed by atoms with Gasteiger partial charge >= 0.3 is 0 Å². The van der Waals surface area contributed by atoms with Crippen LogP contribution in [0, 0.1) is 0 Å². The zero-order valence-electron chi connectivity index (χ0n) is 14.7. The Balaban J connectivity index is 1.81. The molecule has 6 nitrogen and oxygen atoms in total. The van der Waals surface area contributed by atoms with Crippen molar-refractivity contribution in [3.8, 4) is 5.75 Å². The van der Waals surface area contributed by atoms with Gasteiger partial charge < -0.3 is 15.0 Å². The third-order valence-electron chi connectivity index (χ3n) is 4.08. The molecule has 1 aromatic carbocycles. The van der Waals surface area contributed by atoms with E-state index in [9.17, 15) is 9.59 Å². The van der Waals surface area contributed by atoms with Crippen molar-refractivity contribution in [2.75, 3.05) is 39.8 Å². The van der Waals surface area contributed by atoms with Crippen LogP contribution in [-0.4, -0.2) is 67.5 Å². The molecule has 2 rings (SSSR count). The Hall–Kier alpha value is -2.08. The van der Waals surface area contributed by atoms with Gasteiger partial charge in [0.05, 0.1) is 20.1 Å². The summed E-state index contributed by atoms with van der Waals surface area (Å²) in [5.41, 5.74) is 0.906. The third kappa shape index (κ3) is 5.23. The molecule has 1 aliphatic heterocycles. The van der Waals surface area contributed by atoms with Crippen molar-refractivity contribution in [1.29, 1.82) is 0 Å². The normalized spacial score (nSPS) is 15.4. The van der Waals surface area contributed by atoms with Crippen LogP contribution in [0.2, 0.25) is 0 Å². The summed E-state index contributed by atoms with van der Waals surface area (Å²) in [4.78, 5) is 28.2. The van der Waals surface area contributed by atoms with Crippen molar-refractivity contribution in [2.24, 2.45) is 0 Å². The Kier molecular flexibility index (Phi) is 6.61. The van der Waals surface area contributed by atoms with Crippen LogP contribution >= 0.6 is 0 Å². The number of amides is 2. The van der Waals surface area contributed by atoms with Crippen LogP contribution in [0.15, 0.2) is 24.3 Å². The van der Waals surface area contributed by atoms with Gasteiger partial charge in [-0.05, 0) is 19.9 Å². The number of nitrogens with zero attached hydrogens (tertiary/aromatic N) is 2. The van der Waals surface area contributed by atoms with Crippen molar-refractivity contribution >= 4 is 11.8 Å². The number of hydrogen-bond donors (Lipinski definition) is 1. The molecule has 6 heteroatoms. The lowest BCUT2D eigenvalue weighted by Crippen LogP contribution is -2.51. The molecule has 1 fully saturated rings. The molecule has 1 aromatic rings. The largest absolute Gasteiger partial charge is 0.496 e. The lowest BCUT2D eigenvalue weighted by atomic mass is 10.1. The average Bonchev–Trinajstić information content (AvgIpc) is 2.55. The highest BCUT2D eigenvalue weighted by atomic mass is 16.5. The molecule has 0 bridgehead atoms. The van der Waals surface area contributed by atoms with Crippen LogP contribution in [-0.2, 0) is 16.0 Å². The van der Waals surface area contributed by atoms with Crippen molar-refractivity contribution in [3.63, 3.8) is 0 Å². The molecule has 0 radical (unpaired) electrons. The molecule has 1 heterocycles. The molecule has 0 aromatic heterocycles. The van der Waals surface area contributed by atoms with E-state index in [1.807, 2.05) is 43.0 Å². The molecule has 132 valence electrons. The van der Waals surface area contributed by atoms with E-state index in [1.165, 1.54) is 0 Å². The van der Waals surface area contributed by atoms with E-state index in [4.69, 9.17) is 4.74 Å². The van der Waals surface area contributed by atoms with E-state index in [0.717, 1.165) is 24.4 Å². The highest BCUT2D eigenvalue weighted by Crippen LogP contribution is 2.18. The summed E-state index contributed by atoms with van der Waals surface area (Å²) in [5, 5.41) is 2.89. The molecule has 0 aliphatic carbocycles. The minimum Gasteiger partial charge on any atom is -0.496 e. The molecular formula is C18H27N3O3. The fraction of sp³-hybridized carbons (Fsp3) is 0.556. The van der Waals surface area contributed by atoms with E-state index in [-0.39, 0.29) is 17.9 Å².